The van der Waals surface area contributed by atoms with Gasteiger partial charge in [-0.05, 0) is 30.9 Å². The molecule has 0 aromatic heterocycles. The van der Waals surface area contributed by atoms with E-state index in [0.717, 1.165) is 0 Å². The number of amides is 2. The third-order valence-corrected chi connectivity index (χ3v) is 4.45. The van der Waals surface area contributed by atoms with E-state index < -0.39 is 6.04 Å². The zero-order chi connectivity index (χ0) is 18.6. The van der Waals surface area contributed by atoms with Crippen LogP contribution < -0.4 is 11.1 Å². The highest BCUT2D eigenvalue weighted by Crippen LogP contribution is 2.15. The summed E-state index contributed by atoms with van der Waals surface area (Å²) >= 11 is 0. The van der Waals surface area contributed by atoms with Crippen molar-refractivity contribution in [3.8, 4) is 0 Å². The number of likely N-dealkylation sites (tertiary alicyclic amines) is 1. The van der Waals surface area contributed by atoms with E-state index >= 15 is 0 Å². The predicted octanol–water partition coefficient (Wildman–Crippen LogP) is 0.708. The fourth-order valence-electron chi connectivity index (χ4n) is 2.82. The average Bonchev–Trinajstić information content (AvgIpc) is 2.59. The van der Waals surface area contributed by atoms with Crippen molar-refractivity contribution in [1.82, 2.24) is 10.2 Å². The molecule has 1 fully saturated rings. The summed E-state index contributed by atoms with van der Waals surface area (Å²) in [7, 11) is 0. The van der Waals surface area contributed by atoms with Crippen LogP contribution >= 0.6 is 0 Å². The van der Waals surface area contributed by atoms with Gasteiger partial charge >= 0.3 is 0 Å². The topological polar surface area (TPSA) is 120 Å². The molecule has 2 rings (SSSR count). The highest BCUT2D eigenvalue weighted by atomic mass is 16.3. The summed E-state index contributed by atoms with van der Waals surface area (Å²) in [5.74, 6) is -0.566. The van der Waals surface area contributed by atoms with E-state index in [1.54, 1.807) is 29.2 Å². The molecule has 5 N–H and O–H groups in total. The van der Waals surface area contributed by atoms with E-state index in [-0.39, 0.29) is 29.7 Å². The lowest BCUT2D eigenvalue weighted by Gasteiger charge is -2.34. The summed E-state index contributed by atoms with van der Waals surface area (Å²) in [5, 5.41) is 19.8. The number of carbonyl (C=O) groups is 2. The Morgan fingerprint density at radius 3 is 2.20 bits per heavy atom. The monoisotopic (exact) mass is 346 g/mol. The van der Waals surface area contributed by atoms with Gasteiger partial charge in [0, 0.05) is 24.2 Å². The van der Waals surface area contributed by atoms with Gasteiger partial charge in [-0.15, -0.1) is 0 Å². The van der Waals surface area contributed by atoms with Crippen molar-refractivity contribution in [2.75, 3.05) is 13.1 Å². The van der Waals surface area contributed by atoms with Crippen LogP contribution in [0.2, 0.25) is 0 Å². The SMILES string of the molecule is CC(C)[C@H](NC(=O)c1ccc(C(=N)N)cc1)C(=O)N1CCC(O)CC1. The van der Waals surface area contributed by atoms with E-state index in [9.17, 15) is 14.7 Å². The lowest BCUT2D eigenvalue weighted by molar-refractivity contribution is -0.136. The lowest BCUT2D eigenvalue weighted by atomic mass is 9.99. The number of benzene rings is 1. The highest BCUT2D eigenvalue weighted by molar-refractivity contribution is 5.99. The molecule has 1 heterocycles. The van der Waals surface area contributed by atoms with Gasteiger partial charge in [0.25, 0.3) is 5.91 Å². The first-order valence-electron chi connectivity index (χ1n) is 8.51. The van der Waals surface area contributed by atoms with Gasteiger partial charge in [-0.3, -0.25) is 15.0 Å². The van der Waals surface area contributed by atoms with Crippen LogP contribution in [0.4, 0.5) is 0 Å². The average molecular weight is 346 g/mol. The van der Waals surface area contributed by atoms with Crippen molar-refractivity contribution >= 4 is 17.6 Å². The Balaban J connectivity index is 2.06. The molecule has 2 amide bonds. The second-order valence-electron chi connectivity index (χ2n) is 6.74. The Morgan fingerprint density at radius 1 is 1.20 bits per heavy atom. The molecule has 1 aromatic rings. The fraction of sp³-hybridized carbons (Fsp3) is 0.500. The van der Waals surface area contributed by atoms with Crippen molar-refractivity contribution in [3.05, 3.63) is 35.4 Å². The first-order valence-corrected chi connectivity index (χ1v) is 8.51. The number of aliphatic hydroxyl groups is 1. The molecule has 1 atom stereocenters. The molecule has 25 heavy (non-hydrogen) atoms. The van der Waals surface area contributed by atoms with Crippen LogP contribution in [-0.4, -0.2) is 52.9 Å². The standard InChI is InChI=1S/C18H26N4O3/c1-11(2)15(18(25)22-9-7-14(23)8-10-22)21-17(24)13-5-3-12(4-6-13)16(19)20/h3-6,11,14-15,23H,7-10H2,1-2H3,(H3,19,20)(H,21,24)/t15-/m0/s1. The number of carbonyl (C=O) groups excluding carboxylic acids is 2. The van der Waals surface area contributed by atoms with E-state index in [1.807, 2.05) is 13.8 Å². The summed E-state index contributed by atoms with van der Waals surface area (Å²) in [5.41, 5.74) is 6.36. The van der Waals surface area contributed by atoms with Gasteiger partial charge in [0.05, 0.1) is 6.10 Å². The Hall–Kier alpha value is -2.41. The summed E-state index contributed by atoms with van der Waals surface area (Å²) in [6.07, 6.45) is 0.782. The normalized spacial score (nSPS) is 16.6. The molecule has 0 bridgehead atoms. The third kappa shape index (κ3) is 4.79. The number of hydrogen-bond acceptors (Lipinski definition) is 4. The van der Waals surface area contributed by atoms with Gasteiger partial charge in [0.15, 0.2) is 0 Å². The number of amidine groups is 1. The molecule has 0 radical (unpaired) electrons. The molecule has 1 saturated heterocycles. The van der Waals surface area contributed by atoms with Crippen molar-refractivity contribution in [1.29, 1.82) is 5.41 Å². The van der Waals surface area contributed by atoms with Gasteiger partial charge in [-0.25, -0.2) is 0 Å². The summed E-state index contributed by atoms with van der Waals surface area (Å²) in [6, 6.07) is 5.77. The maximum atomic E-state index is 12.7. The third-order valence-electron chi connectivity index (χ3n) is 4.45. The molecule has 1 aliphatic rings. The van der Waals surface area contributed by atoms with E-state index in [2.05, 4.69) is 5.32 Å². The minimum atomic E-state index is -0.616. The van der Waals surface area contributed by atoms with Crippen molar-refractivity contribution in [3.63, 3.8) is 0 Å². The zero-order valence-electron chi connectivity index (χ0n) is 14.7. The number of nitrogens with two attached hydrogens (primary N) is 1. The second-order valence-corrected chi connectivity index (χ2v) is 6.74. The van der Waals surface area contributed by atoms with Crippen LogP contribution in [0.25, 0.3) is 0 Å². The van der Waals surface area contributed by atoms with Crippen molar-refractivity contribution in [2.45, 2.75) is 38.8 Å². The molecule has 1 aromatic carbocycles. The van der Waals surface area contributed by atoms with Gasteiger partial charge in [-0.1, -0.05) is 26.0 Å². The summed E-state index contributed by atoms with van der Waals surface area (Å²) < 4.78 is 0. The Morgan fingerprint density at radius 2 is 1.72 bits per heavy atom. The molecular formula is C18H26N4O3. The van der Waals surface area contributed by atoms with Crippen molar-refractivity contribution in [2.24, 2.45) is 11.7 Å². The first-order chi connectivity index (χ1) is 11.8. The molecule has 7 nitrogen and oxygen atoms in total. The van der Waals surface area contributed by atoms with Gasteiger partial charge in [0.2, 0.25) is 5.91 Å². The molecule has 1 aliphatic heterocycles. The molecule has 0 unspecified atom stereocenters. The number of aliphatic hydroxyl groups excluding tert-OH is 1. The lowest BCUT2D eigenvalue weighted by Crippen LogP contribution is -2.53. The minimum Gasteiger partial charge on any atom is -0.393 e. The second kappa shape index (κ2) is 8.11. The maximum Gasteiger partial charge on any atom is 0.251 e. The largest absolute Gasteiger partial charge is 0.393 e. The number of hydrogen-bond donors (Lipinski definition) is 4. The molecule has 0 spiro atoms. The van der Waals surface area contributed by atoms with Crippen LogP contribution in [0.15, 0.2) is 24.3 Å². The van der Waals surface area contributed by atoms with Gasteiger partial charge < -0.3 is 21.1 Å². The Bertz CT molecular complexity index is 634. The zero-order valence-corrected chi connectivity index (χ0v) is 14.7. The molecule has 0 aliphatic carbocycles. The van der Waals surface area contributed by atoms with Crippen LogP contribution in [0.3, 0.4) is 0 Å². The van der Waals surface area contributed by atoms with Gasteiger partial charge in [0.1, 0.15) is 11.9 Å². The molecular weight excluding hydrogens is 320 g/mol. The summed E-state index contributed by atoms with van der Waals surface area (Å²) in [4.78, 5) is 26.9. The van der Waals surface area contributed by atoms with Crippen LogP contribution in [0.5, 0.6) is 0 Å². The molecule has 0 saturated carbocycles. The number of nitrogens with one attached hydrogen (secondary N) is 2. The van der Waals surface area contributed by atoms with Gasteiger partial charge in [-0.2, -0.15) is 0 Å². The van der Waals surface area contributed by atoms with E-state index in [4.69, 9.17) is 11.1 Å². The Labute approximate surface area is 147 Å². The minimum absolute atomic E-state index is 0.0557. The van der Waals surface area contributed by atoms with E-state index in [0.29, 0.717) is 37.1 Å². The smallest absolute Gasteiger partial charge is 0.251 e. The number of nitrogens with zero attached hydrogens (tertiary/aromatic N) is 1. The van der Waals surface area contributed by atoms with Crippen LogP contribution in [-0.2, 0) is 4.79 Å². The number of piperidine rings is 1. The van der Waals surface area contributed by atoms with E-state index in [1.165, 1.54) is 0 Å². The maximum absolute atomic E-state index is 12.7. The van der Waals surface area contributed by atoms with Crippen molar-refractivity contribution < 1.29 is 14.7 Å². The predicted molar refractivity (Wildman–Crippen MR) is 95.4 cm³/mol. The first kappa shape index (κ1) is 18.9. The summed E-state index contributed by atoms with van der Waals surface area (Å²) in [6.45, 7) is 4.79. The van der Waals surface area contributed by atoms with Crippen LogP contribution in [0, 0.1) is 11.3 Å². The van der Waals surface area contributed by atoms with Crippen LogP contribution in [0.1, 0.15) is 42.6 Å². The highest BCUT2D eigenvalue weighted by Gasteiger charge is 2.31. The molecule has 7 heteroatoms. The quantitative estimate of drug-likeness (QED) is 0.463. The number of rotatable bonds is 5. The molecule has 136 valence electrons. The fourth-order valence-corrected chi connectivity index (χ4v) is 2.82. The number of nitrogen functional groups attached to an aromatic ring is 1. The Kier molecular flexibility index (Phi) is 6.14.